The summed E-state index contributed by atoms with van der Waals surface area (Å²) in [6.07, 6.45) is 1.94. The highest BCUT2D eigenvalue weighted by atomic mass is 16.5. The number of aromatic hydroxyl groups is 1. The van der Waals surface area contributed by atoms with E-state index in [-0.39, 0.29) is 11.7 Å². The number of hydrogen-bond donors (Lipinski definition) is 3. The van der Waals surface area contributed by atoms with E-state index >= 15 is 0 Å². The first-order valence-corrected chi connectivity index (χ1v) is 6.11. The molecule has 4 N–H and O–H groups in total. The minimum Gasteiger partial charge on any atom is -0.508 e. The van der Waals surface area contributed by atoms with E-state index in [0.717, 1.165) is 26.1 Å². The van der Waals surface area contributed by atoms with Gasteiger partial charge in [0.05, 0.1) is 5.56 Å². The summed E-state index contributed by atoms with van der Waals surface area (Å²) in [5, 5.41) is 12.2. The molecular weight excluding hydrogens is 232 g/mol. The molecule has 1 saturated heterocycles. The Kier molecular flexibility index (Phi) is 4.04. The van der Waals surface area contributed by atoms with Crippen molar-refractivity contribution in [2.24, 2.45) is 5.92 Å². The van der Waals surface area contributed by atoms with E-state index in [0.29, 0.717) is 23.7 Å². The normalized spacial score (nSPS) is 16.4. The number of carbonyl (C=O) groups is 1. The van der Waals surface area contributed by atoms with E-state index in [2.05, 4.69) is 5.32 Å². The maximum absolute atomic E-state index is 11.9. The van der Waals surface area contributed by atoms with Crippen molar-refractivity contribution in [3.8, 4) is 5.75 Å². The first-order valence-electron chi connectivity index (χ1n) is 6.11. The number of nitrogens with two attached hydrogens (primary N) is 1. The second-order valence-electron chi connectivity index (χ2n) is 4.54. The number of benzene rings is 1. The van der Waals surface area contributed by atoms with Crippen molar-refractivity contribution in [1.29, 1.82) is 0 Å². The van der Waals surface area contributed by atoms with Gasteiger partial charge in [0.25, 0.3) is 5.91 Å². The third-order valence-electron chi connectivity index (χ3n) is 3.17. The zero-order valence-corrected chi connectivity index (χ0v) is 10.2. The van der Waals surface area contributed by atoms with E-state index in [1.807, 2.05) is 0 Å². The molecule has 1 aliphatic heterocycles. The van der Waals surface area contributed by atoms with Gasteiger partial charge in [-0.1, -0.05) is 0 Å². The van der Waals surface area contributed by atoms with E-state index in [1.165, 1.54) is 18.2 Å². The van der Waals surface area contributed by atoms with Gasteiger partial charge < -0.3 is 20.9 Å². The Bertz CT molecular complexity index is 428. The van der Waals surface area contributed by atoms with Crippen molar-refractivity contribution in [2.45, 2.75) is 12.8 Å². The summed E-state index contributed by atoms with van der Waals surface area (Å²) in [7, 11) is 0. The second-order valence-corrected chi connectivity index (χ2v) is 4.54. The summed E-state index contributed by atoms with van der Waals surface area (Å²) in [6, 6.07) is 4.37. The Labute approximate surface area is 106 Å². The van der Waals surface area contributed by atoms with Crippen molar-refractivity contribution < 1.29 is 14.6 Å². The molecule has 1 aliphatic rings. The molecule has 0 aromatic heterocycles. The Hall–Kier alpha value is -1.75. The number of amides is 1. The maximum Gasteiger partial charge on any atom is 0.253 e. The first kappa shape index (κ1) is 12.7. The van der Waals surface area contributed by atoms with Gasteiger partial charge in [-0.3, -0.25) is 4.79 Å². The topological polar surface area (TPSA) is 84.6 Å². The van der Waals surface area contributed by atoms with Crippen LogP contribution in [0.15, 0.2) is 18.2 Å². The van der Waals surface area contributed by atoms with Crippen LogP contribution in [-0.4, -0.2) is 30.8 Å². The van der Waals surface area contributed by atoms with Crippen LogP contribution in [0.4, 0.5) is 5.69 Å². The lowest BCUT2D eigenvalue weighted by molar-refractivity contribution is 0.0643. The van der Waals surface area contributed by atoms with Crippen LogP contribution in [0, 0.1) is 5.92 Å². The van der Waals surface area contributed by atoms with Gasteiger partial charge in [0.1, 0.15) is 5.75 Å². The number of nitrogen functional groups attached to an aromatic ring is 1. The van der Waals surface area contributed by atoms with Gasteiger partial charge in [0.15, 0.2) is 0 Å². The number of nitrogens with one attached hydrogen (secondary N) is 1. The van der Waals surface area contributed by atoms with E-state index in [9.17, 15) is 9.90 Å². The minimum atomic E-state index is -0.241. The molecule has 1 aromatic carbocycles. The molecule has 1 fully saturated rings. The molecule has 98 valence electrons. The number of phenols is 1. The highest BCUT2D eigenvalue weighted by Gasteiger charge is 2.16. The van der Waals surface area contributed by atoms with Crippen LogP contribution in [0.5, 0.6) is 5.75 Å². The fourth-order valence-electron chi connectivity index (χ4n) is 2.02. The SMILES string of the molecule is Nc1ccc(O)cc1C(=O)NCC1CCOCC1. The molecule has 1 heterocycles. The van der Waals surface area contributed by atoms with Gasteiger partial charge in [-0.25, -0.2) is 0 Å². The number of anilines is 1. The number of ether oxygens (including phenoxy) is 1. The van der Waals surface area contributed by atoms with Gasteiger partial charge in [0, 0.05) is 25.4 Å². The van der Waals surface area contributed by atoms with Crippen LogP contribution in [0.1, 0.15) is 23.2 Å². The van der Waals surface area contributed by atoms with Crippen LogP contribution in [0.2, 0.25) is 0 Å². The smallest absolute Gasteiger partial charge is 0.253 e. The number of carbonyl (C=O) groups excluding carboxylic acids is 1. The fraction of sp³-hybridized carbons (Fsp3) is 0.462. The molecule has 18 heavy (non-hydrogen) atoms. The van der Waals surface area contributed by atoms with E-state index in [4.69, 9.17) is 10.5 Å². The summed E-state index contributed by atoms with van der Waals surface area (Å²) in [6.45, 7) is 2.14. The molecule has 5 nitrogen and oxygen atoms in total. The van der Waals surface area contributed by atoms with Crippen molar-refractivity contribution in [1.82, 2.24) is 5.32 Å². The van der Waals surface area contributed by atoms with Crippen LogP contribution < -0.4 is 11.1 Å². The van der Waals surface area contributed by atoms with Gasteiger partial charge in [-0.05, 0) is 37.0 Å². The van der Waals surface area contributed by atoms with Crippen molar-refractivity contribution >= 4 is 11.6 Å². The monoisotopic (exact) mass is 250 g/mol. The lowest BCUT2D eigenvalue weighted by atomic mass is 10.0. The molecular formula is C13H18N2O3. The molecule has 0 unspecified atom stereocenters. The average molecular weight is 250 g/mol. The Balaban J connectivity index is 1.92. The molecule has 0 radical (unpaired) electrons. The van der Waals surface area contributed by atoms with Crippen LogP contribution in [-0.2, 0) is 4.74 Å². The molecule has 1 aromatic rings. The summed E-state index contributed by atoms with van der Waals surface area (Å²) in [5.41, 5.74) is 6.40. The zero-order chi connectivity index (χ0) is 13.0. The highest BCUT2D eigenvalue weighted by Crippen LogP contribution is 2.19. The summed E-state index contributed by atoms with van der Waals surface area (Å²) in [4.78, 5) is 11.9. The maximum atomic E-state index is 11.9. The highest BCUT2D eigenvalue weighted by molar-refractivity contribution is 5.99. The number of rotatable bonds is 3. The summed E-state index contributed by atoms with van der Waals surface area (Å²) < 4.78 is 5.26. The van der Waals surface area contributed by atoms with Crippen molar-refractivity contribution in [3.05, 3.63) is 23.8 Å². The zero-order valence-electron chi connectivity index (χ0n) is 10.2. The molecule has 0 spiro atoms. The summed E-state index contributed by atoms with van der Waals surface area (Å²) in [5.74, 6) is 0.261. The summed E-state index contributed by atoms with van der Waals surface area (Å²) >= 11 is 0. The third kappa shape index (κ3) is 3.13. The van der Waals surface area contributed by atoms with E-state index in [1.54, 1.807) is 0 Å². The second kappa shape index (κ2) is 5.73. The predicted octanol–water partition coefficient (Wildman–Crippen LogP) is 1.13. The van der Waals surface area contributed by atoms with Gasteiger partial charge in [-0.2, -0.15) is 0 Å². The predicted molar refractivity (Wildman–Crippen MR) is 68.4 cm³/mol. The van der Waals surface area contributed by atoms with Crippen molar-refractivity contribution in [3.63, 3.8) is 0 Å². The lowest BCUT2D eigenvalue weighted by Gasteiger charge is -2.22. The average Bonchev–Trinajstić information content (AvgIpc) is 2.40. The third-order valence-corrected chi connectivity index (χ3v) is 3.17. The Morgan fingerprint density at radius 2 is 2.17 bits per heavy atom. The minimum absolute atomic E-state index is 0.0421. The Morgan fingerprint density at radius 3 is 2.89 bits per heavy atom. The molecule has 0 atom stereocenters. The molecule has 0 saturated carbocycles. The van der Waals surface area contributed by atoms with Gasteiger partial charge in [-0.15, -0.1) is 0 Å². The van der Waals surface area contributed by atoms with E-state index < -0.39 is 0 Å². The number of hydrogen-bond acceptors (Lipinski definition) is 4. The van der Waals surface area contributed by atoms with Crippen LogP contribution in [0.25, 0.3) is 0 Å². The Morgan fingerprint density at radius 1 is 1.44 bits per heavy atom. The molecule has 1 amide bonds. The quantitative estimate of drug-likeness (QED) is 0.554. The van der Waals surface area contributed by atoms with Crippen LogP contribution >= 0.6 is 0 Å². The fourth-order valence-corrected chi connectivity index (χ4v) is 2.02. The largest absolute Gasteiger partial charge is 0.508 e. The van der Waals surface area contributed by atoms with Crippen molar-refractivity contribution in [2.75, 3.05) is 25.5 Å². The van der Waals surface area contributed by atoms with Gasteiger partial charge in [0.2, 0.25) is 0 Å². The molecule has 0 aliphatic carbocycles. The molecule has 2 rings (SSSR count). The van der Waals surface area contributed by atoms with Crippen LogP contribution in [0.3, 0.4) is 0 Å². The van der Waals surface area contributed by atoms with Gasteiger partial charge >= 0.3 is 0 Å². The first-order chi connectivity index (χ1) is 8.66. The molecule has 5 heteroatoms. The standard InChI is InChI=1S/C13H18N2O3/c14-12-2-1-10(16)7-11(12)13(17)15-8-9-3-5-18-6-4-9/h1-2,7,9,16H,3-6,8,14H2,(H,15,17). The number of phenolic OH excluding ortho intramolecular Hbond substituents is 1. The lowest BCUT2D eigenvalue weighted by Crippen LogP contribution is -2.32. The molecule has 0 bridgehead atoms.